The maximum atomic E-state index is 12.4. The highest BCUT2D eigenvalue weighted by Gasteiger charge is 2.44. The number of hydrogen-bond acceptors (Lipinski definition) is 8. The summed E-state index contributed by atoms with van der Waals surface area (Å²) < 4.78 is 17.4. The smallest absolute Gasteiger partial charge is 0.335 e. The molecule has 0 unspecified atom stereocenters. The zero-order valence-electron chi connectivity index (χ0n) is 18.2. The molecule has 3 rings (SSSR count). The summed E-state index contributed by atoms with van der Waals surface area (Å²) in [6.07, 6.45) is -1.15. The summed E-state index contributed by atoms with van der Waals surface area (Å²) >= 11 is 0. The maximum absolute atomic E-state index is 12.4. The van der Waals surface area contributed by atoms with Gasteiger partial charge in [0.2, 0.25) is 11.7 Å². The van der Waals surface area contributed by atoms with E-state index in [0.29, 0.717) is 6.42 Å². The second-order valence-electron chi connectivity index (χ2n) is 8.03. The molecule has 2 aromatic rings. The van der Waals surface area contributed by atoms with Crippen LogP contribution in [0, 0.1) is 11.8 Å². The van der Waals surface area contributed by atoms with Crippen molar-refractivity contribution in [2.24, 2.45) is 11.8 Å². The van der Waals surface area contributed by atoms with Gasteiger partial charge in [0.1, 0.15) is 11.5 Å². The van der Waals surface area contributed by atoms with Gasteiger partial charge in [-0.1, -0.05) is 20.8 Å². The maximum Gasteiger partial charge on any atom is 0.335 e. The molecular weight excluding hydrogens is 420 g/mol. The fourth-order valence-electron chi connectivity index (χ4n) is 4.04. The number of aromatic hydroxyl groups is 2. The lowest BCUT2D eigenvalue weighted by atomic mass is 9.82. The van der Waals surface area contributed by atoms with Crippen LogP contribution in [0.4, 0.5) is 0 Å². The third kappa shape index (κ3) is 4.47. The Bertz CT molecular complexity index is 1110. The molecule has 0 aromatic heterocycles. The second-order valence-corrected chi connectivity index (χ2v) is 8.03. The van der Waals surface area contributed by atoms with E-state index in [4.69, 9.17) is 14.2 Å². The number of esters is 1. The van der Waals surface area contributed by atoms with Crippen molar-refractivity contribution < 1.29 is 39.1 Å². The zero-order chi connectivity index (χ0) is 23.7. The molecule has 5 atom stereocenters. The van der Waals surface area contributed by atoms with E-state index in [1.165, 1.54) is 19.1 Å². The molecule has 172 valence electrons. The van der Waals surface area contributed by atoms with Crippen molar-refractivity contribution in [3.8, 4) is 17.2 Å². The molecule has 32 heavy (non-hydrogen) atoms. The Labute approximate surface area is 184 Å². The van der Waals surface area contributed by atoms with Crippen molar-refractivity contribution in [3.05, 3.63) is 40.1 Å². The monoisotopic (exact) mass is 446 g/mol. The highest BCUT2D eigenvalue weighted by Crippen LogP contribution is 2.37. The van der Waals surface area contributed by atoms with E-state index >= 15 is 0 Å². The van der Waals surface area contributed by atoms with E-state index < -0.39 is 41.3 Å². The van der Waals surface area contributed by atoms with Gasteiger partial charge in [0, 0.05) is 18.9 Å². The standard InChI is InChI=1S/C23H26O9/c1-5-18-10(2)11(3)21(30-12(4)24)23(32-18)31-15-7-13-6-14(22(28)29)8-17(26)20(27)19(13)16(25)9-15/h6-11,18,21,23,25H,5H2,1-4H3,(H,26,27)(H,28,29)/t10-,11+,18-,21-,23-/m1/s1. The van der Waals surface area contributed by atoms with Crippen molar-refractivity contribution in [2.45, 2.75) is 52.6 Å². The van der Waals surface area contributed by atoms with E-state index in [1.807, 2.05) is 20.8 Å². The first kappa shape index (κ1) is 23.3. The number of ether oxygens (including phenoxy) is 3. The number of aromatic carboxylic acids is 1. The number of rotatable bonds is 5. The van der Waals surface area contributed by atoms with Gasteiger partial charge in [-0.05, 0) is 35.9 Å². The van der Waals surface area contributed by atoms with Crippen molar-refractivity contribution in [1.82, 2.24) is 0 Å². The lowest BCUT2D eigenvalue weighted by Crippen LogP contribution is -2.53. The third-order valence-electron chi connectivity index (χ3n) is 5.90. The van der Waals surface area contributed by atoms with Crippen molar-refractivity contribution in [1.29, 1.82) is 0 Å². The predicted octanol–water partition coefficient (Wildman–Crippen LogP) is 3.03. The minimum atomic E-state index is -1.36. The summed E-state index contributed by atoms with van der Waals surface area (Å²) in [5.74, 6) is -3.07. The van der Waals surface area contributed by atoms with Crippen LogP contribution in [-0.2, 0) is 14.3 Å². The van der Waals surface area contributed by atoms with Crippen molar-refractivity contribution in [3.63, 3.8) is 0 Å². The van der Waals surface area contributed by atoms with Crippen molar-refractivity contribution >= 4 is 22.7 Å². The predicted molar refractivity (Wildman–Crippen MR) is 114 cm³/mol. The average Bonchev–Trinajstić information content (AvgIpc) is 2.84. The number of benzene rings is 1. The van der Waals surface area contributed by atoms with Gasteiger partial charge in [0.15, 0.2) is 11.9 Å². The van der Waals surface area contributed by atoms with Gasteiger partial charge >= 0.3 is 11.9 Å². The minimum Gasteiger partial charge on any atom is -0.507 e. The van der Waals surface area contributed by atoms with E-state index in [2.05, 4.69) is 0 Å². The molecule has 0 amide bonds. The molecule has 1 aliphatic rings. The summed E-state index contributed by atoms with van der Waals surface area (Å²) in [5.41, 5.74) is -1.26. The normalized spacial score (nSPS) is 25.3. The fraction of sp³-hybridized carbons (Fsp3) is 0.435. The Morgan fingerprint density at radius 1 is 1.06 bits per heavy atom. The van der Waals surface area contributed by atoms with Crippen LogP contribution >= 0.6 is 0 Å². The largest absolute Gasteiger partial charge is 0.507 e. The number of carboxylic acids is 1. The number of carbonyl (C=O) groups is 2. The number of fused-ring (bicyclic) bond motifs is 1. The van der Waals surface area contributed by atoms with Crippen LogP contribution in [0.5, 0.6) is 17.2 Å². The molecule has 2 aromatic carbocycles. The number of carboxylic acid groups (broad SMARTS) is 1. The molecule has 0 spiro atoms. The van der Waals surface area contributed by atoms with E-state index in [-0.39, 0.29) is 40.0 Å². The molecule has 9 nitrogen and oxygen atoms in total. The highest BCUT2D eigenvalue weighted by atomic mass is 16.7. The summed E-state index contributed by atoms with van der Waals surface area (Å²) in [6.45, 7) is 7.19. The second kappa shape index (κ2) is 9.04. The Kier molecular flexibility index (Phi) is 6.59. The van der Waals surface area contributed by atoms with E-state index in [9.17, 15) is 29.7 Å². The van der Waals surface area contributed by atoms with Crippen LogP contribution in [0.2, 0.25) is 0 Å². The number of carbonyl (C=O) groups excluding carboxylic acids is 1. The Hall–Kier alpha value is -3.33. The Morgan fingerprint density at radius 3 is 2.34 bits per heavy atom. The third-order valence-corrected chi connectivity index (χ3v) is 5.90. The lowest BCUT2D eigenvalue weighted by Gasteiger charge is -2.43. The van der Waals surface area contributed by atoms with Crippen molar-refractivity contribution in [2.75, 3.05) is 0 Å². The first-order valence-electron chi connectivity index (χ1n) is 10.3. The highest BCUT2D eigenvalue weighted by molar-refractivity contribution is 5.96. The van der Waals surface area contributed by atoms with Crippen LogP contribution in [0.25, 0.3) is 10.8 Å². The Balaban J connectivity index is 2.08. The van der Waals surface area contributed by atoms with Gasteiger partial charge in [0.05, 0.1) is 17.1 Å². The minimum absolute atomic E-state index is 0.0519. The first-order valence-corrected chi connectivity index (χ1v) is 10.3. The topological polar surface area (TPSA) is 140 Å². The summed E-state index contributed by atoms with van der Waals surface area (Å²) in [5, 5.41) is 29.5. The van der Waals surface area contributed by atoms with Gasteiger partial charge < -0.3 is 29.5 Å². The van der Waals surface area contributed by atoms with Gasteiger partial charge in [0.25, 0.3) is 0 Å². The summed E-state index contributed by atoms with van der Waals surface area (Å²) in [7, 11) is 0. The first-order chi connectivity index (χ1) is 15.0. The van der Waals surface area contributed by atoms with Gasteiger partial charge in [-0.15, -0.1) is 0 Å². The average molecular weight is 446 g/mol. The molecule has 1 saturated heterocycles. The molecule has 1 aliphatic heterocycles. The number of phenols is 1. The molecule has 0 radical (unpaired) electrons. The van der Waals surface area contributed by atoms with Gasteiger partial charge in [-0.3, -0.25) is 9.59 Å². The fourth-order valence-corrected chi connectivity index (χ4v) is 4.04. The molecule has 9 heteroatoms. The zero-order valence-corrected chi connectivity index (χ0v) is 18.2. The molecule has 1 heterocycles. The number of hydrogen-bond donors (Lipinski definition) is 3. The lowest BCUT2D eigenvalue weighted by molar-refractivity contribution is -0.246. The SMILES string of the molecule is CC[C@H]1O[C@@H](Oc2cc(O)c3c(=O)c(O)cc(C(=O)O)cc3c2)[C@H](OC(C)=O)[C@@H](C)[C@H]1C. The molecular formula is C23H26O9. The van der Waals surface area contributed by atoms with Crippen LogP contribution in [0.1, 0.15) is 44.5 Å². The number of phenolic OH excluding ortho intramolecular Hbond substituents is 1. The quantitative estimate of drug-likeness (QED) is 0.591. The summed E-state index contributed by atoms with van der Waals surface area (Å²) in [4.78, 5) is 35.5. The van der Waals surface area contributed by atoms with Crippen LogP contribution in [0.3, 0.4) is 0 Å². The Morgan fingerprint density at radius 2 is 1.75 bits per heavy atom. The van der Waals surface area contributed by atoms with E-state index in [0.717, 1.165) is 12.1 Å². The van der Waals surface area contributed by atoms with Gasteiger partial charge in [-0.25, -0.2) is 4.79 Å². The van der Waals surface area contributed by atoms with Crippen LogP contribution < -0.4 is 10.2 Å². The molecule has 0 bridgehead atoms. The molecule has 0 aliphatic carbocycles. The molecule has 3 N–H and O–H groups in total. The van der Waals surface area contributed by atoms with Crippen LogP contribution in [0.15, 0.2) is 29.1 Å². The molecule has 0 saturated carbocycles. The van der Waals surface area contributed by atoms with E-state index in [1.54, 1.807) is 0 Å². The summed E-state index contributed by atoms with van der Waals surface area (Å²) in [6, 6.07) is 4.50. The van der Waals surface area contributed by atoms with Crippen LogP contribution in [-0.4, -0.2) is 45.8 Å². The van der Waals surface area contributed by atoms with Gasteiger partial charge in [-0.2, -0.15) is 0 Å². The molecule has 1 fully saturated rings.